The summed E-state index contributed by atoms with van der Waals surface area (Å²) < 4.78 is 0. The fourth-order valence-corrected chi connectivity index (χ4v) is 3.57. The lowest BCUT2D eigenvalue weighted by Crippen LogP contribution is -2.23. The van der Waals surface area contributed by atoms with E-state index in [2.05, 4.69) is 12.2 Å². The number of hydrogen-bond acceptors (Lipinski definition) is 3. The standard InChI is InChI=1S/C18H19Cl2NO2S/c1-12(24-16-7-5-15(22)6-8-16)2-9-18(23)21-11-13-3-4-14(19)10-17(13)20/h3-8,10,12,22H,2,9,11H2,1H3,(H,21,23). The molecule has 0 spiro atoms. The van der Waals surface area contributed by atoms with Crippen LogP contribution in [0, 0.1) is 0 Å². The van der Waals surface area contributed by atoms with E-state index < -0.39 is 0 Å². The van der Waals surface area contributed by atoms with Crippen LogP contribution in [0.15, 0.2) is 47.4 Å². The van der Waals surface area contributed by atoms with Gasteiger partial charge < -0.3 is 10.4 Å². The topological polar surface area (TPSA) is 49.3 Å². The van der Waals surface area contributed by atoms with Crippen LogP contribution in [-0.4, -0.2) is 16.3 Å². The Morgan fingerprint density at radius 1 is 1.21 bits per heavy atom. The lowest BCUT2D eigenvalue weighted by Gasteiger charge is -2.12. The summed E-state index contributed by atoms with van der Waals surface area (Å²) in [6.45, 7) is 2.48. The number of phenolic OH excluding ortho intramolecular Hbond substituents is 1. The van der Waals surface area contributed by atoms with Gasteiger partial charge in [-0.25, -0.2) is 0 Å². The van der Waals surface area contributed by atoms with Crippen LogP contribution in [0.3, 0.4) is 0 Å². The van der Waals surface area contributed by atoms with Crippen molar-refractivity contribution in [3.8, 4) is 5.75 Å². The molecule has 2 aromatic rings. The Bertz CT molecular complexity index is 692. The van der Waals surface area contributed by atoms with Gasteiger partial charge in [0.1, 0.15) is 5.75 Å². The summed E-state index contributed by atoms with van der Waals surface area (Å²) in [4.78, 5) is 13.1. The van der Waals surface area contributed by atoms with Crippen molar-refractivity contribution < 1.29 is 9.90 Å². The van der Waals surface area contributed by atoms with E-state index in [0.29, 0.717) is 28.3 Å². The van der Waals surface area contributed by atoms with E-state index in [9.17, 15) is 9.90 Å². The van der Waals surface area contributed by atoms with Crippen molar-refractivity contribution in [2.45, 2.75) is 36.5 Å². The first-order valence-electron chi connectivity index (χ1n) is 7.60. The second kappa shape index (κ2) is 9.21. The number of hydrogen-bond donors (Lipinski definition) is 2. The van der Waals surface area contributed by atoms with Crippen LogP contribution < -0.4 is 5.32 Å². The molecule has 0 aliphatic rings. The number of halogens is 2. The third-order valence-corrected chi connectivity index (χ3v) is 5.21. The number of rotatable bonds is 7. The molecule has 1 atom stereocenters. The molecule has 2 rings (SSSR count). The van der Waals surface area contributed by atoms with Crippen LogP contribution in [0.4, 0.5) is 0 Å². The second-order valence-electron chi connectivity index (χ2n) is 5.47. The van der Waals surface area contributed by atoms with Gasteiger partial charge in [-0.15, -0.1) is 11.8 Å². The van der Waals surface area contributed by atoms with Crippen LogP contribution in [0.5, 0.6) is 5.75 Å². The van der Waals surface area contributed by atoms with Crippen molar-refractivity contribution in [2.24, 2.45) is 0 Å². The summed E-state index contributed by atoms with van der Waals surface area (Å²) in [6, 6.07) is 12.3. The fourth-order valence-electron chi connectivity index (χ4n) is 2.10. The van der Waals surface area contributed by atoms with Crippen molar-refractivity contribution in [2.75, 3.05) is 0 Å². The molecule has 0 saturated heterocycles. The third-order valence-electron chi connectivity index (χ3n) is 3.44. The highest BCUT2D eigenvalue weighted by Gasteiger charge is 2.09. The predicted octanol–water partition coefficient (Wildman–Crippen LogP) is 5.28. The predicted molar refractivity (Wildman–Crippen MR) is 101 cm³/mol. The molecule has 0 aromatic heterocycles. The third kappa shape index (κ3) is 6.27. The molecule has 3 nitrogen and oxygen atoms in total. The molecule has 128 valence electrons. The molecule has 0 bridgehead atoms. The Morgan fingerprint density at radius 3 is 2.58 bits per heavy atom. The van der Waals surface area contributed by atoms with E-state index in [1.165, 1.54) is 0 Å². The molecule has 6 heteroatoms. The summed E-state index contributed by atoms with van der Waals surface area (Å²) in [5, 5.41) is 13.6. The van der Waals surface area contributed by atoms with Crippen molar-refractivity contribution in [3.05, 3.63) is 58.1 Å². The molecular formula is C18H19Cl2NO2S. The van der Waals surface area contributed by atoms with E-state index in [1.54, 1.807) is 36.0 Å². The van der Waals surface area contributed by atoms with Crippen LogP contribution in [0.1, 0.15) is 25.3 Å². The molecule has 0 aliphatic carbocycles. The fraction of sp³-hybridized carbons (Fsp3) is 0.278. The number of phenols is 1. The molecule has 0 heterocycles. The normalized spacial score (nSPS) is 12.0. The summed E-state index contributed by atoms with van der Waals surface area (Å²) in [6.07, 6.45) is 1.23. The zero-order chi connectivity index (χ0) is 17.5. The minimum atomic E-state index is -0.000766. The number of carbonyl (C=O) groups is 1. The highest BCUT2D eigenvalue weighted by molar-refractivity contribution is 7.99. The van der Waals surface area contributed by atoms with Gasteiger partial charge in [0.25, 0.3) is 0 Å². The average Bonchev–Trinajstić information content (AvgIpc) is 2.54. The Labute approximate surface area is 156 Å². The molecular weight excluding hydrogens is 365 g/mol. The van der Waals surface area contributed by atoms with Crippen molar-refractivity contribution in [3.63, 3.8) is 0 Å². The summed E-state index contributed by atoms with van der Waals surface area (Å²) in [7, 11) is 0. The van der Waals surface area contributed by atoms with Gasteiger partial charge in [0, 0.05) is 33.2 Å². The van der Waals surface area contributed by atoms with Gasteiger partial charge in [-0.1, -0.05) is 36.2 Å². The lowest BCUT2D eigenvalue weighted by molar-refractivity contribution is -0.121. The Hall–Kier alpha value is -1.36. The van der Waals surface area contributed by atoms with Crippen molar-refractivity contribution in [1.82, 2.24) is 5.32 Å². The molecule has 0 saturated carbocycles. The Morgan fingerprint density at radius 2 is 1.92 bits per heavy atom. The maximum atomic E-state index is 12.0. The van der Waals surface area contributed by atoms with Crippen LogP contribution in [0.2, 0.25) is 10.0 Å². The van der Waals surface area contributed by atoms with E-state index in [4.69, 9.17) is 23.2 Å². The monoisotopic (exact) mass is 383 g/mol. The summed E-state index contributed by atoms with van der Waals surface area (Å²) in [5.74, 6) is 0.256. The SMILES string of the molecule is CC(CCC(=O)NCc1ccc(Cl)cc1Cl)Sc1ccc(O)cc1. The molecule has 0 aliphatic heterocycles. The van der Waals surface area contributed by atoms with Gasteiger partial charge >= 0.3 is 0 Å². The number of benzene rings is 2. The van der Waals surface area contributed by atoms with E-state index in [-0.39, 0.29) is 11.7 Å². The van der Waals surface area contributed by atoms with Gasteiger partial charge in [-0.2, -0.15) is 0 Å². The van der Waals surface area contributed by atoms with Crippen molar-refractivity contribution >= 4 is 40.9 Å². The first-order valence-corrected chi connectivity index (χ1v) is 9.24. The minimum Gasteiger partial charge on any atom is -0.508 e. The van der Waals surface area contributed by atoms with Gasteiger partial charge in [0.15, 0.2) is 0 Å². The van der Waals surface area contributed by atoms with Gasteiger partial charge in [0.2, 0.25) is 5.91 Å². The Balaban J connectivity index is 1.73. The first kappa shape index (κ1) is 19.0. The lowest BCUT2D eigenvalue weighted by atomic mass is 10.2. The molecule has 1 unspecified atom stereocenters. The first-order chi connectivity index (χ1) is 11.4. The molecule has 1 amide bonds. The highest BCUT2D eigenvalue weighted by Crippen LogP contribution is 2.27. The summed E-state index contributed by atoms with van der Waals surface area (Å²) in [5.41, 5.74) is 0.848. The van der Waals surface area contributed by atoms with E-state index in [1.807, 2.05) is 18.2 Å². The average molecular weight is 384 g/mol. The number of nitrogens with one attached hydrogen (secondary N) is 1. The van der Waals surface area contributed by atoms with Crippen LogP contribution in [0.25, 0.3) is 0 Å². The van der Waals surface area contributed by atoms with Gasteiger partial charge in [-0.3, -0.25) is 4.79 Å². The molecule has 24 heavy (non-hydrogen) atoms. The number of carbonyl (C=O) groups excluding carboxylic acids is 1. The van der Waals surface area contributed by atoms with Gasteiger partial charge in [0.05, 0.1) is 0 Å². The van der Waals surface area contributed by atoms with E-state index >= 15 is 0 Å². The highest BCUT2D eigenvalue weighted by atomic mass is 35.5. The second-order valence-corrected chi connectivity index (χ2v) is 7.83. The van der Waals surface area contributed by atoms with Crippen LogP contribution >= 0.6 is 35.0 Å². The minimum absolute atomic E-state index is 0.000766. The van der Waals surface area contributed by atoms with E-state index in [0.717, 1.165) is 16.9 Å². The zero-order valence-electron chi connectivity index (χ0n) is 13.3. The Kier molecular flexibility index (Phi) is 7.28. The molecule has 0 radical (unpaired) electrons. The van der Waals surface area contributed by atoms with Gasteiger partial charge in [-0.05, 0) is 48.4 Å². The number of aromatic hydroxyl groups is 1. The summed E-state index contributed by atoms with van der Waals surface area (Å²) >= 11 is 13.6. The molecule has 2 aromatic carbocycles. The largest absolute Gasteiger partial charge is 0.508 e. The number of amides is 1. The maximum absolute atomic E-state index is 12.0. The van der Waals surface area contributed by atoms with Crippen LogP contribution in [-0.2, 0) is 11.3 Å². The quantitative estimate of drug-likeness (QED) is 0.639. The molecule has 0 fully saturated rings. The zero-order valence-corrected chi connectivity index (χ0v) is 15.6. The maximum Gasteiger partial charge on any atom is 0.220 e. The molecule has 2 N–H and O–H groups in total. The van der Waals surface area contributed by atoms with Crippen molar-refractivity contribution in [1.29, 1.82) is 0 Å². The number of thioether (sulfide) groups is 1. The smallest absolute Gasteiger partial charge is 0.220 e.